The maximum absolute atomic E-state index is 12.3. The molecule has 142 valence electrons. The standard InChI is InChI=1S/C18H28N6OS/c1-13(2)15-9-17(25)24(12-19-15)10-14-5-7-23(8-6-14)11-16-20-18(22(3)4)26-21-16/h9,12-14H,5-8,10-11H2,1-4H3. The van der Waals surface area contributed by atoms with Gasteiger partial charge in [0.2, 0.25) is 5.13 Å². The molecule has 0 bridgehead atoms. The monoisotopic (exact) mass is 376 g/mol. The van der Waals surface area contributed by atoms with E-state index in [4.69, 9.17) is 0 Å². The first-order valence-corrected chi connectivity index (χ1v) is 9.98. The van der Waals surface area contributed by atoms with E-state index >= 15 is 0 Å². The summed E-state index contributed by atoms with van der Waals surface area (Å²) in [6.45, 7) is 7.72. The SMILES string of the molecule is CC(C)c1cc(=O)n(CC2CCN(Cc3nsc(N(C)C)n3)CC2)cn1. The Morgan fingerprint density at radius 3 is 2.62 bits per heavy atom. The van der Waals surface area contributed by atoms with Crippen molar-refractivity contribution < 1.29 is 0 Å². The van der Waals surface area contributed by atoms with Gasteiger partial charge in [0.25, 0.3) is 5.56 Å². The molecule has 1 saturated heterocycles. The summed E-state index contributed by atoms with van der Waals surface area (Å²) < 4.78 is 6.21. The highest BCUT2D eigenvalue weighted by atomic mass is 32.1. The first-order valence-electron chi connectivity index (χ1n) is 9.21. The Kier molecular flexibility index (Phi) is 6.03. The van der Waals surface area contributed by atoms with Gasteiger partial charge >= 0.3 is 0 Å². The fourth-order valence-corrected chi connectivity index (χ4v) is 3.78. The summed E-state index contributed by atoms with van der Waals surface area (Å²) in [6.07, 6.45) is 3.89. The van der Waals surface area contributed by atoms with Crippen LogP contribution < -0.4 is 10.5 Å². The number of hydrogen-bond acceptors (Lipinski definition) is 7. The lowest BCUT2D eigenvalue weighted by atomic mass is 9.96. The minimum Gasteiger partial charge on any atom is -0.353 e. The summed E-state index contributed by atoms with van der Waals surface area (Å²) in [7, 11) is 3.97. The molecule has 26 heavy (non-hydrogen) atoms. The summed E-state index contributed by atoms with van der Waals surface area (Å²) in [5, 5.41) is 0.951. The predicted octanol–water partition coefficient (Wildman–Crippen LogP) is 2.20. The zero-order valence-corrected chi connectivity index (χ0v) is 16.9. The van der Waals surface area contributed by atoms with Crippen LogP contribution in [0.1, 0.15) is 44.1 Å². The average molecular weight is 377 g/mol. The van der Waals surface area contributed by atoms with E-state index in [1.807, 2.05) is 19.0 Å². The summed E-state index contributed by atoms with van der Waals surface area (Å²) in [6, 6.07) is 1.68. The van der Waals surface area contributed by atoms with Gasteiger partial charge in [0.1, 0.15) is 0 Å². The number of nitrogens with zero attached hydrogens (tertiary/aromatic N) is 6. The second kappa shape index (κ2) is 8.26. The fraction of sp³-hybridized carbons (Fsp3) is 0.667. The Balaban J connectivity index is 1.51. The molecule has 7 nitrogen and oxygen atoms in total. The van der Waals surface area contributed by atoms with Gasteiger partial charge in [0.05, 0.1) is 18.6 Å². The molecule has 2 aromatic heterocycles. The molecule has 0 amide bonds. The molecule has 0 radical (unpaired) electrons. The molecule has 3 rings (SSSR count). The van der Waals surface area contributed by atoms with Crippen LogP contribution >= 0.6 is 11.5 Å². The lowest BCUT2D eigenvalue weighted by molar-refractivity contribution is 0.163. The highest BCUT2D eigenvalue weighted by Crippen LogP contribution is 2.21. The van der Waals surface area contributed by atoms with Gasteiger partial charge in [-0.25, -0.2) is 9.97 Å². The lowest BCUT2D eigenvalue weighted by Gasteiger charge is -2.31. The molecule has 0 aliphatic carbocycles. The van der Waals surface area contributed by atoms with Gasteiger partial charge in [0, 0.05) is 38.2 Å². The Morgan fingerprint density at radius 2 is 2.04 bits per heavy atom. The number of likely N-dealkylation sites (tertiary alicyclic amines) is 1. The van der Waals surface area contributed by atoms with E-state index in [-0.39, 0.29) is 11.5 Å². The number of aromatic nitrogens is 4. The highest BCUT2D eigenvalue weighted by molar-refractivity contribution is 7.09. The summed E-state index contributed by atoms with van der Waals surface area (Å²) in [5.41, 5.74) is 0.933. The van der Waals surface area contributed by atoms with Gasteiger partial charge < -0.3 is 4.90 Å². The van der Waals surface area contributed by atoms with E-state index in [1.54, 1.807) is 17.0 Å². The number of hydrogen-bond donors (Lipinski definition) is 0. The van der Waals surface area contributed by atoms with Crippen LogP contribution in [0.2, 0.25) is 0 Å². The summed E-state index contributed by atoms with van der Waals surface area (Å²) in [4.78, 5) is 25.7. The Morgan fingerprint density at radius 1 is 1.31 bits per heavy atom. The molecule has 0 saturated carbocycles. The zero-order chi connectivity index (χ0) is 18.7. The molecule has 1 aliphatic rings. The van der Waals surface area contributed by atoms with E-state index < -0.39 is 0 Å². The molecule has 0 aromatic carbocycles. The van der Waals surface area contributed by atoms with Crippen LogP contribution in [0.25, 0.3) is 0 Å². The first-order chi connectivity index (χ1) is 12.4. The second-order valence-corrected chi connectivity index (χ2v) is 8.30. The smallest absolute Gasteiger partial charge is 0.253 e. The van der Waals surface area contributed by atoms with Gasteiger partial charge in [-0.3, -0.25) is 14.3 Å². The minimum atomic E-state index is 0.0639. The molecular formula is C18H28N6OS. The van der Waals surface area contributed by atoms with Crippen molar-refractivity contribution in [2.24, 2.45) is 5.92 Å². The molecule has 0 N–H and O–H groups in total. The zero-order valence-electron chi connectivity index (χ0n) is 16.1. The van der Waals surface area contributed by atoms with Crippen LogP contribution in [0.4, 0.5) is 5.13 Å². The van der Waals surface area contributed by atoms with Gasteiger partial charge in [-0.1, -0.05) is 13.8 Å². The van der Waals surface area contributed by atoms with Gasteiger partial charge in [0.15, 0.2) is 5.82 Å². The molecule has 2 aromatic rings. The first kappa shape index (κ1) is 19.0. The molecular weight excluding hydrogens is 348 g/mol. The van der Waals surface area contributed by atoms with Crippen LogP contribution in [-0.4, -0.2) is 51.0 Å². The largest absolute Gasteiger partial charge is 0.353 e. The van der Waals surface area contributed by atoms with Crippen LogP contribution in [0.5, 0.6) is 0 Å². The second-order valence-electron chi connectivity index (χ2n) is 7.57. The number of piperidine rings is 1. The molecule has 0 spiro atoms. The predicted molar refractivity (Wildman–Crippen MR) is 105 cm³/mol. The Hall–Kier alpha value is -1.80. The van der Waals surface area contributed by atoms with Crippen molar-refractivity contribution in [3.8, 4) is 0 Å². The van der Waals surface area contributed by atoms with Crippen molar-refractivity contribution in [2.75, 3.05) is 32.1 Å². The summed E-state index contributed by atoms with van der Waals surface area (Å²) in [5.74, 6) is 1.71. The van der Waals surface area contributed by atoms with E-state index in [0.717, 1.165) is 55.7 Å². The molecule has 8 heteroatoms. The van der Waals surface area contributed by atoms with Crippen molar-refractivity contribution >= 4 is 16.7 Å². The van der Waals surface area contributed by atoms with E-state index in [1.165, 1.54) is 11.5 Å². The van der Waals surface area contributed by atoms with Crippen molar-refractivity contribution in [1.29, 1.82) is 0 Å². The van der Waals surface area contributed by atoms with Crippen molar-refractivity contribution in [1.82, 2.24) is 23.8 Å². The van der Waals surface area contributed by atoms with E-state index in [2.05, 4.69) is 33.1 Å². The van der Waals surface area contributed by atoms with Crippen LogP contribution in [0.3, 0.4) is 0 Å². The van der Waals surface area contributed by atoms with E-state index in [9.17, 15) is 4.79 Å². The van der Waals surface area contributed by atoms with Crippen molar-refractivity contribution in [3.05, 3.63) is 34.3 Å². The van der Waals surface area contributed by atoms with Gasteiger partial charge in [-0.2, -0.15) is 4.37 Å². The average Bonchev–Trinajstić information content (AvgIpc) is 3.07. The minimum absolute atomic E-state index is 0.0639. The molecule has 1 aliphatic heterocycles. The third kappa shape index (κ3) is 4.67. The Labute approximate surface area is 158 Å². The number of rotatable bonds is 6. The normalized spacial score (nSPS) is 16.3. The fourth-order valence-electron chi connectivity index (χ4n) is 3.19. The third-order valence-electron chi connectivity index (χ3n) is 4.86. The molecule has 3 heterocycles. The topological polar surface area (TPSA) is 67.2 Å². The maximum atomic E-state index is 12.3. The Bertz CT molecular complexity index is 776. The van der Waals surface area contributed by atoms with Crippen LogP contribution in [-0.2, 0) is 13.1 Å². The quantitative estimate of drug-likeness (QED) is 0.770. The summed E-state index contributed by atoms with van der Waals surface area (Å²) >= 11 is 1.45. The third-order valence-corrected chi connectivity index (χ3v) is 5.78. The van der Waals surface area contributed by atoms with E-state index in [0.29, 0.717) is 5.92 Å². The van der Waals surface area contributed by atoms with Crippen LogP contribution in [0, 0.1) is 5.92 Å². The number of anilines is 1. The molecule has 1 fully saturated rings. The highest BCUT2D eigenvalue weighted by Gasteiger charge is 2.21. The van der Waals surface area contributed by atoms with Crippen LogP contribution in [0.15, 0.2) is 17.2 Å². The van der Waals surface area contributed by atoms with Gasteiger partial charge in [-0.05, 0) is 37.8 Å². The molecule has 0 unspecified atom stereocenters. The van der Waals surface area contributed by atoms with Gasteiger partial charge in [-0.15, -0.1) is 0 Å². The van der Waals surface area contributed by atoms with Crippen molar-refractivity contribution in [2.45, 2.75) is 45.7 Å². The molecule has 0 atom stereocenters. The lowest BCUT2D eigenvalue weighted by Crippen LogP contribution is -2.36. The van der Waals surface area contributed by atoms with Crippen molar-refractivity contribution in [3.63, 3.8) is 0 Å². The maximum Gasteiger partial charge on any atom is 0.253 e.